The fourth-order valence-electron chi connectivity index (χ4n) is 0.722. The third kappa shape index (κ3) is 6.12. The minimum Gasteiger partial charge on any atom is -0.369 e. The molecule has 1 atom stereocenters. The molecule has 1 unspecified atom stereocenters. The van der Waals surface area contributed by atoms with E-state index < -0.39 is 0 Å². The van der Waals surface area contributed by atoms with Crippen molar-refractivity contribution in [1.29, 1.82) is 0 Å². The van der Waals surface area contributed by atoms with E-state index in [-0.39, 0.29) is 11.8 Å². The van der Waals surface area contributed by atoms with Gasteiger partial charge in [0.25, 0.3) is 0 Å². The van der Waals surface area contributed by atoms with E-state index in [4.69, 9.17) is 5.73 Å². The maximum atomic E-state index is 10.6. The summed E-state index contributed by atoms with van der Waals surface area (Å²) in [7, 11) is 4.03. The molecule has 0 bridgehead atoms. The van der Waals surface area contributed by atoms with Crippen molar-refractivity contribution in [2.45, 2.75) is 6.92 Å². The van der Waals surface area contributed by atoms with Crippen LogP contribution in [-0.2, 0) is 4.79 Å². The van der Waals surface area contributed by atoms with Crippen molar-refractivity contribution in [3.63, 3.8) is 0 Å². The molecule has 0 spiro atoms. The second-order valence-electron chi connectivity index (χ2n) is 3.31. The number of hydrogen-bond donors (Lipinski definition) is 2. The Morgan fingerprint density at radius 1 is 1.58 bits per heavy atom. The largest absolute Gasteiger partial charge is 0.369 e. The number of amides is 1. The molecule has 0 heterocycles. The number of rotatable bonds is 6. The number of likely N-dealkylation sites (N-methyl/N-ethyl adjacent to an activating group) is 1. The molecular formula is C8H19N3O. The number of nitrogens with two attached hydrogens (primary N) is 1. The Morgan fingerprint density at radius 3 is 2.58 bits per heavy atom. The van der Waals surface area contributed by atoms with Crippen LogP contribution < -0.4 is 11.1 Å². The van der Waals surface area contributed by atoms with Gasteiger partial charge in [-0.15, -0.1) is 0 Å². The molecule has 12 heavy (non-hydrogen) atoms. The van der Waals surface area contributed by atoms with Crippen LogP contribution in [0.5, 0.6) is 0 Å². The Hall–Kier alpha value is -0.610. The van der Waals surface area contributed by atoms with Crippen molar-refractivity contribution in [3.05, 3.63) is 0 Å². The fraction of sp³-hybridized carbons (Fsp3) is 0.875. The average Bonchev–Trinajstić information content (AvgIpc) is 1.97. The zero-order valence-electron chi connectivity index (χ0n) is 8.13. The molecule has 1 amide bonds. The molecule has 0 radical (unpaired) electrons. The van der Waals surface area contributed by atoms with Crippen LogP contribution in [0.3, 0.4) is 0 Å². The van der Waals surface area contributed by atoms with Gasteiger partial charge in [-0.1, -0.05) is 6.92 Å². The lowest BCUT2D eigenvalue weighted by Crippen LogP contribution is -2.34. The Balaban J connectivity index is 3.25. The van der Waals surface area contributed by atoms with E-state index in [0.29, 0.717) is 6.54 Å². The summed E-state index contributed by atoms with van der Waals surface area (Å²) in [6.45, 7) is 4.37. The molecule has 0 rings (SSSR count). The summed E-state index contributed by atoms with van der Waals surface area (Å²) in [5.74, 6) is -0.320. The van der Waals surface area contributed by atoms with Crippen molar-refractivity contribution < 1.29 is 4.79 Å². The van der Waals surface area contributed by atoms with Gasteiger partial charge in [0.15, 0.2) is 0 Å². The van der Waals surface area contributed by atoms with Crippen LogP contribution in [0.2, 0.25) is 0 Å². The Morgan fingerprint density at radius 2 is 2.17 bits per heavy atom. The normalized spacial score (nSPS) is 13.3. The number of nitrogens with one attached hydrogen (secondary N) is 1. The van der Waals surface area contributed by atoms with E-state index in [2.05, 4.69) is 10.2 Å². The number of carbonyl (C=O) groups is 1. The van der Waals surface area contributed by atoms with Crippen molar-refractivity contribution in [2.24, 2.45) is 11.7 Å². The summed E-state index contributed by atoms with van der Waals surface area (Å²) >= 11 is 0. The number of hydrogen-bond acceptors (Lipinski definition) is 3. The van der Waals surface area contributed by atoms with Crippen LogP contribution in [0.25, 0.3) is 0 Å². The molecule has 4 nitrogen and oxygen atoms in total. The van der Waals surface area contributed by atoms with Gasteiger partial charge in [0.05, 0.1) is 0 Å². The van der Waals surface area contributed by atoms with Crippen molar-refractivity contribution in [3.8, 4) is 0 Å². The van der Waals surface area contributed by atoms with E-state index >= 15 is 0 Å². The fourth-order valence-corrected chi connectivity index (χ4v) is 0.722. The zero-order chi connectivity index (χ0) is 9.56. The molecule has 0 saturated heterocycles. The molecule has 4 heteroatoms. The summed E-state index contributed by atoms with van der Waals surface area (Å²) in [6, 6.07) is 0. The van der Waals surface area contributed by atoms with Crippen molar-refractivity contribution in [2.75, 3.05) is 33.7 Å². The monoisotopic (exact) mass is 173 g/mol. The zero-order valence-corrected chi connectivity index (χ0v) is 8.13. The number of primary amides is 1. The summed E-state index contributed by atoms with van der Waals surface area (Å²) in [5.41, 5.74) is 5.09. The topological polar surface area (TPSA) is 58.4 Å². The predicted molar refractivity (Wildman–Crippen MR) is 49.8 cm³/mol. The summed E-state index contributed by atoms with van der Waals surface area (Å²) < 4.78 is 0. The molecular weight excluding hydrogens is 154 g/mol. The molecule has 0 aromatic heterocycles. The van der Waals surface area contributed by atoms with Gasteiger partial charge in [0.2, 0.25) is 5.91 Å². The van der Waals surface area contributed by atoms with Crippen molar-refractivity contribution >= 4 is 5.91 Å². The van der Waals surface area contributed by atoms with Crippen LogP contribution in [0.15, 0.2) is 0 Å². The highest BCUT2D eigenvalue weighted by atomic mass is 16.1. The van der Waals surface area contributed by atoms with Crippen LogP contribution in [0.1, 0.15) is 6.92 Å². The van der Waals surface area contributed by atoms with Gasteiger partial charge in [-0.3, -0.25) is 4.79 Å². The lowest BCUT2D eigenvalue weighted by Gasteiger charge is -2.12. The minimum absolute atomic E-state index is 0.0767. The van der Waals surface area contributed by atoms with Gasteiger partial charge < -0.3 is 16.0 Å². The molecule has 0 aromatic carbocycles. The van der Waals surface area contributed by atoms with Crippen LogP contribution in [0.4, 0.5) is 0 Å². The van der Waals surface area contributed by atoms with Crippen molar-refractivity contribution in [1.82, 2.24) is 10.2 Å². The first kappa shape index (κ1) is 11.4. The molecule has 0 fully saturated rings. The summed E-state index contributed by atoms with van der Waals surface area (Å²) in [4.78, 5) is 12.7. The second kappa shape index (κ2) is 5.97. The number of carbonyl (C=O) groups excluding carboxylic acids is 1. The minimum atomic E-state index is -0.243. The lowest BCUT2D eigenvalue weighted by molar-refractivity contribution is -0.121. The van der Waals surface area contributed by atoms with Gasteiger partial charge in [0, 0.05) is 25.6 Å². The lowest BCUT2D eigenvalue weighted by atomic mass is 10.2. The highest BCUT2D eigenvalue weighted by molar-refractivity contribution is 5.76. The van der Waals surface area contributed by atoms with Crippen LogP contribution in [-0.4, -0.2) is 44.5 Å². The van der Waals surface area contributed by atoms with Gasteiger partial charge in [-0.25, -0.2) is 0 Å². The van der Waals surface area contributed by atoms with Gasteiger partial charge in [0.1, 0.15) is 0 Å². The maximum absolute atomic E-state index is 10.6. The van der Waals surface area contributed by atoms with Crippen LogP contribution in [0, 0.1) is 5.92 Å². The second-order valence-corrected chi connectivity index (χ2v) is 3.31. The molecule has 0 aliphatic heterocycles. The Labute approximate surface area is 74.1 Å². The van der Waals surface area contributed by atoms with Gasteiger partial charge in [-0.2, -0.15) is 0 Å². The summed E-state index contributed by atoms with van der Waals surface area (Å²) in [6.07, 6.45) is 0. The first-order chi connectivity index (χ1) is 5.54. The van der Waals surface area contributed by atoms with E-state index in [1.165, 1.54) is 0 Å². The van der Waals surface area contributed by atoms with Crippen LogP contribution >= 0.6 is 0 Å². The first-order valence-corrected chi connectivity index (χ1v) is 4.18. The standard InChI is InChI=1S/C8H19N3O/c1-7(8(9)12)6-10-4-5-11(2)3/h7,10H,4-6H2,1-3H3,(H2,9,12). The third-order valence-electron chi connectivity index (χ3n) is 1.67. The SMILES string of the molecule is CC(CNCCN(C)C)C(N)=O. The molecule has 0 aliphatic rings. The smallest absolute Gasteiger partial charge is 0.221 e. The molecule has 0 saturated carbocycles. The quantitative estimate of drug-likeness (QED) is 0.520. The van der Waals surface area contributed by atoms with E-state index in [9.17, 15) is 4.79 Å². The predicted octanol–water partition coefficient (Wildman–Crippen LogP) is -0.741. The molecule has 72 valence electrons. The van der Waals surface area contributed by atoms with Gasteiger partial charge >= 0.3 is 0 Å². The Bertz CT molecular complexity index is 136. The third-order valence-corrected chi connectivity index (χ3v) is 1.67. The van der Waals surface area contributed by atoms with Gasteiger partial charge in [-0.05, 0) is 14.1 Å². The summed E-state index contributed by atoms with van der Waals surface area (Å²) in [5, 5.41) is 3.16. The van der Waals surface area contributed by atoms with E-state index in [1.54, 1.807) is 0 Å². The average molecular weight is 173 g/mol. The number of nitrogens with zero attached hydrogens (tertiary/aromatic N) is 1. The van der Waals surface area contributed by atoms with E-state index in [1.807, 2.05) is 21.0 Å². The highest BCUT2D eigenvalue weighted by Crippen LogP contribution is 1.88. The molecule has 0 aromatic rings. The van der Waals surface area contributed by atoms with E-state index in [0.717, 1.165) is 13.1 Å². The maximum Gasteiger partial charge on any atom is 0.221 e. The first-order valence-electron chi connectivity index (χ1n) is 4.18. The molecule has 3 N–H and O–H groups in total. The Kier molecular flexibility index (Phi) is 5.66. The highest BCUT2D eigenvalue weighted by Gasteiger charge is 2.06. The molecule has 0 aliphatic carbocycles.